The Bertz CT molecular complexity index is 391. The van der Waals surface area contributed by atoms with Crippen LogP contribution in [0.3, 0.4) is 0 Å². The fraction of sp³-hybridized carbons (Fsp3) is 1.00. The van der Waals surface area contributed by atoms with Crippen LogP contribution in [-0.4, -0.2) is 57.1 Å². The topological polar surface area (TPSA) is 78.9 Å². The molecule has 0 heterocycles. The molecule has 2 N–H and O–H groups in total. The molecular weight excluding hydrogens is 336 g/mol. The van der Waals surface area contributed by atoms with Crippen LogP contribution in [0.15, 0.2) is 0 Å². The average Bonchev–Trinajstić information content (AvgIpc) is 2.47. The van der Waals surface area contributed by atoms with Gasteiger partial charge in [0.25, 0.3) is 0 Å². The summed E-state index contributed by atoms with van der Waals surface area (Å²) >= 11 is 0. The van der Waals surface area contributed by atoms with E-state index < -0.39 is 20.8 Å². The Balaban J connectivity index is 4.14. The van der Waals surface area contributed by atoms with Gasteiger partial charge in [0.05, 0.1) is 18.6 Å². The summed E-state index contributed by atoms with van der Waals surface area (Å²) in [4.78, 5) is 2.02. The molecule has 142 valence electrons. The third-order valence-corrected chi connectivity index (χ3v) is 7.85. The monoisotopic (exact) mass is 372 g/mol. The molecule has 1 atom stereocenters. The molecule has 0 aliphatic heterocycles. The second-order valence-electron chi connectivity index (χ2n) is 6.19. The van der Waals surface area contributed by atoms with Crippen LogP contribution >= 0.6 is 10.8 Å². The number of hydrogen-bond acceptors (Lipinski definition) is 5. The number of sulfonamides is 1. The predicted molar refractivity (Wildman–Crippen MR) is 100 cm³/mol. The lowest BCUT2D eigenvalue weighted by molar-refractivity contribution is 0.389. The van der Waals surface area contributed by atoms with E-state index in [2.05, 4.69) is 11.1 Å². The number of nitrogens with one attached hydrogen (secondary N) is 1. The Morgan fingerprint density at radius 1 is 0.957 bits per heavy atom. The minimum atomic E-state index is -3.51. The Morgan fingerprint density at radius 3 is 2.09 bits per heavy atom. The molecule has 0 rings (SSSR count). The van der Waals surface area contributed by atoms with Gasteiger partial charge in [-0.25, -0.2) is 8.42 Å². The molecule has 0 saturated heterocycles. The molecule has 0 saturated carbocycles. The van der Waals surface area contributed by atoms with E-state index in [-0.39, 0.29) is 5.75 Å². The van der Waals surface area contributed by atoms with E-state index >= 15 is 0 Å². The van der Waals surface area contributed by atoms with Crippen molar-refractivity contribution in [1.29, 1.82) is 0 Å². The summed E-state index contributed by atoms with van der Waals surface area (Å²) in [6.07, 6.45) is 7.87. The van der Waals surface area contributed by atoms with Crippen molar-refractivity contribution >= 4 is 20.8 Å². The Kier molecular flexibility index (Phi) is 12.6. The van der Waals surface area contributed by atoms with Gasteiger partial charge in [-0.05, 0) is 39.9 Å². The van der Waals surface area contributed by atoms with Crippen LogP contribution in [0.2, 0.25) is 0 Å². The summed E-state index contributed by atoms with van der Waals surface area (Å²) in [7, 11) is -0.955. The number of hydrogen-bond donors (Lipinski definition) is 2. The fourth-order valence-corrected chi connectivity index (χ4v) is 6.07. The van der Waals surface area contributed by atoms with Gasteiger partial charge in [-0.1, -0.05) is 39.0 Å². The smallest absolute Gasteiger partial charge is 0.228 e. The van der Waals surface area contributed by atoms with Gasteiger partial charge in [-0.15, -0.1) is 14.9 Å². The Hall–Kier alpha value is 0.140. The molecule has 0 aromatic carbocycles. The lowest BCUT2D eigenvalue weighted by Crippen LogP contribution is -2.32. The second-order valence-corrected chi connectivity index (χ2v) is 10.5. The van der Waals surface area contributed by atoms with Crippen molar-refractivity contribution in [2.75, 3.05) is 39.3 Å². The highest BCUT2D eigenvalue weighted by Gasteiger charge is 2.22. The lowest BCUT2D eigenvalue weighted by atomic mass is 10.1. The minimum absolute atomic E-state index is 0.0238. The average molecular weight is 373 g/mol. The van der Waals surface area contributed by atoms with Crippen LogP contribution in [0.4, 0.5) is 0 Å². The summed E-state index contributed by atoms with van der Waals surface area (Å²) in [6, 6.07) is 0. The summed E-state index contributed by atoms with van der Waals surface area (Å²) < 4.78 is 42.0. The van der Waals surface area contributed by atoms with Gasteiger partial charge in [0, 0.05) is 0 Å². The lowest BCUT2D eigenvalue weighted by Gasteiger charge is -2.36. The van der Waals surface area contributed by atoms with E-state index in [9.17, 15) is 13.0 Å². The van der Waals surface area contributed by atoms with Gasteiger partial charge < -0.3 is 4.90 Å². The normalized spacial score (nSPS) is 16.4. The van der Waals surface area contributed by atoms with Crippen molar-refractivity contribution in [3.63, 3.8) is 0 Å². The molecule has 0 amide bonds. The van der Waals surface area contributed by atoms with Crippen molar-refractivity contribution in [1.82, 2.24) is 9.03 Å². The maximum absolute atomic E-state index is 12.1. The minimum Gasteiger partial charge on any atom is -0.309 e. The second kappa shape index (κ2) is 12.5. The largest absolute Gasteiger partial charge is 0.309 e. The van der Waals surface area contributed by atoms with Crippen LogP contribution < -0.4 is 4.13 Å². The van der Waals surface area contributed by atoms with Crippen LogP contribution in [0.1, 0.15) is 58.3 Å². The summed E-state index contributed by atoms with van der Waals surface area (Å²) in [5, 5.41) is 0. The van der Waals surface area contributed by atoms with E-state index in [1.807, 2.05) is 19.0 Å². The maximum Gasteiger partial charge on any atom is 0.228 e. The highest BCUT2D eigenvalue weighted by atomic mass is 32.3. The molecule has 0 bridgehead atoms. The van der Waals surface area contributed by atoms with Gasteiger partial charge in [-0.2, -0.15) is 0 Å². The molecule has 0 fully saturated rings. The molecule has 0 aromatic heterocycles. The zero-order chi connectivity index (χ0) is 17.8. The first-order valence-electron chi connectivity index (χ1n) is 8.49. The number of nitrogens with zero attached hydrogens (tertiary/aromatic N) is 1. The molecule has 0 aromatic rings. The van der Waals surface area contributed by atoms with E-state index in [1.54, 1.807) is 0 Å². The van der Waals surface area contributed by atoms with E-state index in [0.29, 0.717) is 12.2 Å². The van der Waals surface area contributed by atoms with Gasteiger partial charge in [0.2, 0.25) is 10.0 Å². The SMILES string of the molecule is CCCCCCCCS(O)(NS(=O)(=O)CCCCN(C)C)OC. The number of unbranched alkanes of at least 4 members (excludes halogenated alkanes) is 6. The summed E-state index contributed by atoms with van der Waals surface area (Å²) in [5.41, 5.74) is 0. The van der Waals surface area contributed by atoms with Gasteiger partial charge in [-0.3, -0.25) is 8.74 Å². The maximum atomic E-state index is 12.1. The first-order valence-corrected chi connectivity index (χ1v) is 11.8. The van der Waals surface area contributed by atoms with E-state index in [0.717, 1.165) is 32.2 Å². The molecule has 6 nitrogen and oxygen atoms in total. The van der Waals surface area contributed by atoms with Crippen molar-refractivity contribution in [3.05, 3.63) is 0 Å². The van der Waals surface area contributed by atoms with E-state index in [1.165, 1.54) is 26.4 Å². The van der Waals surface area contributed by atoms with Gasteiger partial charge in [0.15, 0.2) is 0 Å². The van der Waals surface area contributed by atoms with Crippen LogP contribution in [0.5, 0.6) is 0 Å². The highest BCUT2D eigenvalue weighted by molar-refractivity contribution is 8.28. The first-order chi connectivity index (χ1) is 10.7. The highest BCUT2D eigenvalue weighted by Crippen LogP contribution is 2.41. The van der Waals surface area contributed by atoms with Crippen LogP contribution in [-0.2, 0) is 14.2 Å². The predicted octanol–water partition coefficient (Wildman–Crippen LogP) is 3.36. The van der Waals surface area contributed by atoms with Gasteiger partial charge in [0.1, 0.15) is 0 Å². The summed E-state index contributed by atoms with van der Waals surface area (Å²) in [5.74, 6) is 0.378. The molecule has 23 heavy (non-hydrogen) atoms. The Labute approximate surface area is 144 Å². The number of rotatable bonds is 15. The van der Waals surface area contributed by atoms with Crippen molar-refractivity contribution in [2.45, 2.75) is 58.3 Å². The third kappa shape index (κ3) is 13.1. The van der Waals surface area contributed by atoms with Crippen molar-refractivity contribution < 1.29 is 17.2 Å². The standard InChI is InChI=1S/C15H36N2O4S2/c1-5-6-7-8-9-11-15-23(20,21-4)16-22(18,19)14-12-10-13-17(2)3/h16,20H,5-15H2,1-4H3. The molecule has 0 aliphatic carbocycles. The third-order valence-electron chi connectivity index (χ3n) is 3.58. The summed E-state index contributed by atoms with van der Waals surface area (Å²) in [6.45, 7) is 3.02. The Morgan fingerprint density at radius 2 is 1.52 bits per heavy atom. The molecule has 0 spiro atoms. The first kappa shape index (κ1) is 23.1. The van der Waals surface area contributed by atoms with E-state index in [4.69, 9.17) is 4.18 Å². The van der Waals surface area contributed by atoms with Crippen LogP contribution in [0, 0.1) is 0 Å². The molecular formula is C15H36N2O4S2. The molecule has 1 unspecified atom stereocenters. The van der Waals surface area contributed by atoms with Crippen molar-refractivity contribution in [3.8, 4) is 0 Å². The zero-order valence-electron chi connectivity index (χ0n) is 15.2. The molecule has 0 radical (unpaired) electrons. The fourth-order valence-electron chi connectivity index (χ4n) is 2.20. The van der Waals surface area contributed by atoms with Crippen LogP contribution in [0.25, 0.3) is 0 Å². The quantitative estimate of drug-likeness (QED) is 0.431. The zero-order valence-corrected chi connectivity index (χ0v) is 16.8. The molecule has 8 heteroatoms. The van der Waals surface area contributed by atoms with Crippen molar-refractivity contribution in [2.24, 2.45) is 0 Å². The van der Waals surface area contributed by atoms with Gasteiger partial charge >= 0.3 is 0 Å². The molecule has 0 aliphatic rings.